The van der Waals surface area contributed by atoms with Gasteiger partial charge in [0.25, 0.3) is 0 Å². The molecule has 5 heteroatoms. The zero-order valence-electron chi connectivity index (χ0n) is 33.1. The summed E-state index contributed by atoms with van der Waals surface area (Å²) in [4.78, 5) is 0. The molecule has 0 heterocycles. The maximum atomic E-state index is 6.82. The van der Waals surface area contributed by atoms with Crippen molar-refractivity contribution >= 4 is 54.6 Å². The average Bonchev–Trinajstić information content (AvgIpc) is 3.64. The van der Waals surface area contributed by atoms with Gasteiger partial charge in [0, 0.05) is 0 Å². The Bertz CT molecular complexity index is 2050. The van der Waals surface area contributed by atoms with Crippen molar-refractivity contribution in [2.45, 2.75) is 118 Å². The molecule has 0 bridgehead atoms. The first-order valence-electron chi connectivity index (χ1n) is 18.2. The van der Waals surface area contributed by atoms with E-state index < -0.39 is 21.0 Å². The van der Waals surface area contributed by atoms with Crippen molar-refractivity contribution in [3.05, 3.63) is 143 Å². The summed E-state index contributed by atoms with van der Waals surface area (Å²) in [5, 5.41) is 1.54. The smallest absolute Gasteiger partial charge is 0.147 e. The van der Waals surface area contributed by atoms with E-state index >= 15 is 0 Å². The summed E-state index contributed by atoms with van der Waals surface area (Å²) in [6.07, 6.45) is 9.07. The monoisotopic (exact) mass is 940 g/mol. The fraction of sp³-hybridized carbons (Fsp3) is 0.383. The van der Waals surface area contributed by atoms with E-state index in [2.05, 4.69) is 156 Å². The Morgan fingerprint density at radius 3 is 1.54 bits per heavy atom. The Kier molecular flexibility index (Phi) is 12.7. The molecule has 0 spiro atoms. The summed E-state index contributed by atoms with van der Waals surface area (Å²) in [7, 11) is 0. The second kappa shape index (κ2) is 15.4. The molecule has 2 aliphatic rings. The maximum Gasteiger partial charge on any atom is -0.147 e. The number of hydrogen-bond donors (Lipinski definition) is 0. The number of allylic oxidation sites excluding steroid dienone is 4. The van der Waals surface area contributed by atoms with Gasteiger partial charge in [0.1, 0.15) is 0 Å². The molecule has 0 fully saturated rings. The third kappa shape index (κ3) is 8.40. The average molecular weight is 941 g/mol. The van der Waals surface area contributed by atoms with Gasteiger partial charge in [0.2, 0.25) is 0 Å². The van der Waals surface area contributed by atoms with E-state index in [-0.39, 0.29) is 46.5 Å². The van der Waals surface area contributed by atoms with E-state index in [0.717, 1.165) is 22.9 Å². The maximum absolute atomic E-state index is 6.82. The quantitative estimate of drug-likeness (QED) is 0.158. The normalized spacial score (nSPS) is 13.9. The van der Waals surface area contributed by atoms with Crippen molar-refractivity contribution in [1.82, 2.24) is 0 Å². The first kappa shape index (κ1) is 43.0. The minimum absolute atomic E-state index is 0. The molecule has 52 heavy (non-hydrogen) atoms. The van der Waals surface area contributed by atoms with Crippen LogP contribution in [0.5, 0.6) is 0 Å². The van der Waals surface area contributed by atoms with E-state index in [9.17, 15) is 0 Å². The van der Waals surface area contributed by atoms with Crippen LogP contribution in [0.2, 0.25) is 10.0 Å². The molecule has 4 aromatic carbocycles. The van der Waals surface area contributed by atoms with Crippen LogP contribution in [-0.4, -0.2) is 3.26 Å². The van der Waals surface area contributed by atoms with Gasteiger partial charge in [-0.15, -0.1) is 24.8 Å². The molecule has 0 aliphatic heterocycles. The van der Waals surface area contributed by atoms with Crippen molar-refractivity contribution in [1.29, 1.82) is 0 Å². The van der Waals surface area contributed by atoms with Gasteiger partial charge in [-0.25, -0.2) is 0 Å². The zero-order valence-corrected chi connectivity index (χ0v) is 39.8. The van der Waals surface area contributed by atoms with Crippen LogP contribution >= 0.6 is 48.0 Å². The number of halogens is 4. The van der Waals surface area contributed by atoms with E-state index in [1.165, 1.54) is 47.8 Å². The molecule has 0 saturated carbocycles. The molecular weight excluding hydrogens is 885 g/mol. The van der Waals surface area contributed by atoms with Gasteiger partial charge in [-0.1, -0.05) is 0 Å². The Balaban J connectivity index is 0.00000302. The van der Waals surface area contributed by atoms with Crippen LogP contribution in [0, 0.1) is 0 Å². The van der Waals surface area contributed by atoms with E-state index in [1.807, 2.05) is 12.1 Å². The van der Waals surface area contributed by atoms with Crippen LogP contribution in [0.1, 0.15) is 134 Å². The summed E-state index contributed by atoms with van der Waals surface area (Å²) < 4.78 is 4.75. The molecule has 2 aliphatic carbocycles. The van der Waals surface area contributed by atoms with Crippen LogP contribution in [0.4, 0.5) is 0 Å². The summed E-state index contributed by atoms with van der Waals surface area (Å²) >= 11 is 10.3. The molecule has 6 rings (SSSR count). The number of benzene rings is 4. The van der Waals surface area contributed by atoms with Gasteiger partial charge in [-0.2, -0.15) is 0 Å². The summed E-state index contributed by atoms with van der Waals surface area (Å²) in [5.74, 6) is 0. The van der Waals surface area contributed by atoms with Crippen LogP contribution in [0.15, 0.2) is 88.3 Å². The SMILES string of the molecule is CC(C)(C)c1cc2c(cc1C(C)(C)C)-c1cc(C(C)(C)C)c(C(C)(C)C)[c]([Hf]([C]3=CC=CC3)=[C](c3cccc(Cl)c3)c3cccc(Cl)c3)c1C2.Cl.Cl. The molecule has 276 valence electrons. The molecule has 0 N–H and O–H groups in total. The van der Waals surface area contributed by atoms with Gasteiger partial charge in [0.15, 0.2) is 0 Å². The largest absolute Gasteiger partial charge is 0.147 e. The van der Waals surface area contributed by atoms with Crippen molar-refractivity contribution in [3.63, 3.8) is 0 Å². The number of hydrogen-bond acceptors (Lipinski definition) is 0. The van der Waals surface area contributed by atoms with Crippen molar-refractivity contribution in [3.8, 4) is 11.1 Å². The number of rotatable bonds is 4. The first-order valence-corrected chi connectivity index (χ1v) is 24.3. The Morgan fingerprint density at radius 1 is 0.596 bits per heavy atom. The molecule has 0 unspecified atom stereocenters. The Labute approximate surface area is 344 Å². The van der Waals surface area contributed by atoms with Gasteiger partial charge < -0.3 is 0 Å². The van der Waals surface area contributed by atoms with Gasteiger partial charge >= 0.3 is 322 Å². The minimum Gasteiger partial charge on any atom is -0.147 e. The molecule has 0 radical (unpaired) electrons. The fourth-order valence-corrected chi connectivity index (χ4v) is 21.6. The van der Waals surface area contributed by atoms with Gasteiger partial charge in [0.05, 0.1) is 0 Å². The second-order valence-corrected chi connectivity index (χ2v) is 28.0. The Morgan fingerprint density at radius 2 is 1.10 bits per heavy atom. The molecule has 4 aromatic rings. The third-order valence-corrected chi connectivity index (χ3v) is 22.1. The van der Waals surface area contributed by atoms with Crippen molar-refractivity contribution < 1.29 is 21.0 Å². The molecule has 0 saturated heterocycles. The van der Waals surface area contributed by atoms with E-state index in [1.54, 1.807) is 17.8 Å². The second-order valence-electron chi connectivity index (χ2n) is 18.5. The van der Waals surface area contributed by atoms with Crippen LogP contribution in [0.25, 0.3) is 11.1 Å². The van der Waals surface area contributed by atoms with Crippen LogP contribution in [0.3, 0.4) is 0 Å². The van der Waals surface area contributed by atoms with E-state index in [0.29, 0.717) is 0 Å². The first-order chi connectivity index (χ1) is 23.2. The Hall–Kier alpha value is -1.74. The summed E-state index contributed by atoms with van der Waals surface area (Å²) in [6, 6.07) is 24.9. The zero-order chi connectivity index (χ0) is 36.6. The van der Waals surface area contributed by atoms with Crippen LogP contribution in [-0.2, 0) is 49.0 Å². The predicted octanol–water partition coefficient (Wildman–Crippen LogP) is 14.0. The molecule has 0 aromatic heterocycles. The van der Waals surface area contributed by atoms with Crippen LogP contribution < -0.4 is 3.32 Å². The molecular formula is C47H56Cl4Hf. The number of fused-ring (bicyclic) bond motifs is 3. The summed E-state index contributed by atoms with van der Waals surface area (Å²) in [6.45, 7) is 28.8. The topological polar surface area (TPSA) is 0 Å². The van der Waals surface area contributed by atoms with Crippen molar-refractivity contribution in [2.24, 2.45) is 0 Å². The van der Waals surface area contributed by atoms with Gasteiger partial charge in [-0.05, 0) is 0 Å². The third-order valence-electron chi connectivity index (χ3n) is 10.3. The van der Waals surface area contributed by atoms with Gasteiger partial charge in [-0.3, -0.25) is 0 Å². The standard InChI is InChI=1S/C29H41.C13H8Cl2.C5H5.2ClH.Hf/c1-26(2,3)22-14-18-13-19-15-23(27(4,5)6)25(29(10,11)12)17-21(19)20(18)16-24(22)28(7,8)9;14-12-5-1-3-10(8-12)7-11-4-2-6-13(15)9-11;1-2-4-5-3-1;;;/h14,16-17H,13H2,1-12H3;1-6,8-9H;1-3H,4H2;2*1H;. The van der Waals surface area contributed by atoms with Crippen molar-refractivity contribution in [2.75, 3.05) is 0 Å². The minimum atomic E-state index is -3.31. The molecule has 0 atom stereocenters. The molecule has 0 nitrogen and oxygen atoms in total. The van der Waals surface area contributed by atoms with E-state index in [4.69, 9.17) is 23.2 Å². The fourth-order valence-electron chi connectivity index (χ4n) is 8.09. The molecule has 0 amide bonds. The summed E-state index contributed by atoms with van der Waals surface area (Å²) in [5.41, 5.74) is 14.3. The predicted molar refractivity (Wildman–Crippen MR) is 232 cm³/mol.